The highest BCUT2D eigenvalue weighted by Crippen LogP contribution is 2.29. The van der Waals surface area contributed by atoms with Crippen molar-refractivity contribution in [1.82, 2.24) is 10.2 Å². The SMILES string of the molecule is CCN=C(N)c1n[nH]c(C)c1-c1ccc(C)cc1C. The van der Waals surface area contributed by atoms with Gasteiger partial charge in [-0.25, -0.2) is 0 Å². The Morgan fingerprint density at radius 2 is 2.05 bits per heavy atom. The molecule has 3 N–H and O–H groups in total. The Bertz CT molecular complexity index is 623. The number of nitrogens with two attached hydrogens (primary N) is 1. The summed E-state index contributed by atoms with van der Waals surface area (Å²) >= 11 is 0. The van der Waals surface area contributed by atoms with Crippen LogP contribution in [-0.2, 0) is 0 Å². The number of aromatic amines is 1. The molecule has 2 rings (SSSR count). The number of nitrogens with one attached hydrogen (secondary N) is 1. The molecule has 0 unspecified atom stereocenters. The molecule has 0 amide bonds. The van der Waals surface area contributed by atoms with Crippen LogP contribution in [0.1, 0.15) is 29.4 Å². The van der Waals surface area contributed by atoms with Gasteiger partial charge < -0.3 is 5.73 Å². The third-order valence-corrected chi connectivity index (χ3v) is 3.17. The van der Waals surface area contributed by atoms with E-state index in [2.05, 4.69) is 47.2 Å². The zero-order chi connectivity index (χ0) is 14.0. The van der Waals surface area contributed by atoms with Crippen molar-refractivity contribution >= 4 is 5.84 Å². The van der Waals surface area contributed by atoms with Gasteiger partial charge in [0, 0.05) is 17.8 Å². The second kappa shape index (κ2) is 5.26. The molecular formula is C15H20N4. The maximum Gasteiger partial charge on any atom is 0.147 e. The Kier molecular flexibility index (Phi) is 3.69. The number of benzene rings is 1. The van der Waals surface area contributed by atoms with E-state index >= 15 is 0 Å². The van der Waals surface area contributed by atoms with E-state index in [4.69, 9.17) is 5.73 Å². The summed E-state index contributed by atoms with van der Waals surface area (Å²) < 4.78 is 0. The molecule has 1 heterocycles. The standard InChI is InChI=1S/C15H20N4/c1-5-17-15(16)14-13(11(4)18-19-14)12-7-6-9(2)8-10(12)3/h6-8H,5H2,1-4H3,(H2,16,17)(H,18,19). The lowest BCUT2D eigenvalue weighted by molar-refractivity contribution is 1.03. The van der Waals surface area contributed by atoms with Crippen LogP contribution in [0, 0.1) is 20.8 Å². The number of aromatic nitrogens is 2. The fourth-order valence-corrected chi connectivity index (χ4v) is 2.28. The summed E-state index contributed by atoms with van der Waals surface area (Å²) in [6.07, 6.45) is 0. The molecule has 100 valence electrons. The van der Waals surface area contributed by atoms with Crippen molar-refractivity contribution in [2.24, 2.45) is 10.7 Å². The minimum atomic E-state index is 0.488. The molecule has 2 aromatic rings. The Balaban J connectivity index is 2.62. The summed E-state index contributed by atoms with van der Waals surface area (Å²) in [4.78, 5) is 4.25. The molecule has 0 saturated heterocycles. The lowest BCUT2D eigenvalue weighted by atomic mass is 9.97. The van der Waals surface area contributed by atoms with Crippen molar-refractivity contribution in [3.8, 4) is 11.1 Å². The second-order valence-electron chi connectivity index (χ2n) is 4.75. The summed E-state index contributed by atoms with van der Waals surface area (Å²) in [6, 6.07) is 6.38. The molecular weight excluding hydrogens is 236 g/mol. The normalized spacial score (nSPS) is 11.9. The summed E-state index contributed by atoms with van der Waals surface area (Å²) in [7, 11) is 0. The molecule has 0 radical (unpaired) electrons. The van der Waals surface area contributed by atoms with Gasteiger partial charge in [0.2, 0.25) is 0 Å². The first kappa shape index (κ1) is 13.3. The number of nitrogens with zero attached hydrogens (tertiary/aromatic N) is 2. The third kappa shape index (κ3) is 2.52. The number of rotatable bonds is 3. The first-order chi connectivity index (χ1) is 9.04. The van der Waals surface area contributed by atoms with Gasteiger partial charge in [-0.15, -0.1) is 0 Å². The zero-order valence-corrected chi connectivity index (χ0v) is 11.9. The van der Waals surface area contributed by atoms with E-state index in [0.717, 1.165) is 22.5 Å². The van der Waals surface area contributed by atoms with Gasteiger partial charge in [-0.1, -0.05) is 23.8 Å². The number of aryl methyl sites for hydroxylation is 3. The third-order valence-electron chi connectivity index (χ3n) is 3.17. The average Bonchev–Trinajstić information content (AvgIpc) is 2.72. The van der Waals surface area contributed by atoms with Crippen molar-refractivity contribution in [2.75, 3.05) is 6.54 Å². The number of hydrogen-bond acceptors (Lipinski definition) is 2. The van der Waals surface area contributed by atoms with E-state index in [1.165, 1.54) is 11.1 Å². The Morgan fingerprint density at radius 3 is 2.68 bits per heavy atom. The second-order valence-corrected chi connectivity index (χ2v) is 4.75. The van der Waals surface area contributed by atoms with Crippen LogP contribution in [0.15, 0.2) is 23.2 Å². The van der Waals surface area contributed by atoms with E-state index in [-0.39, 0.29) is 0 Å². The first-order valence-corrected chi connectivity index (χ1v) is 6.47. The van der Waals surface area contributed by atoms with E-state index in [1.54, 1.807) is 0 Å². The summed E-state index contributed by atoms with van der Waals surface area (Å²) in [5.41, 5.74) is 12.4. The summed E-state index contributed by atoms with van der Waals surface area (Å²) in [6.45, 7) is 8.82. The first-order valence-electron chi connectivity index (χ1n) is 6.47. The molecule has 0 aliphatic rings. The highest BCUT2D eigenvalue weighted by molar-refractivity contribution is 6.02. The summed E-state index contributed by atoms with van der Waals surface area (Å²) in [5.74, 6) is 0.488. The minimum Gasteiger partial charge on any atom is -0.382 e. The Morgan fingerprint density at radius 1 is 1.32 bits per heavy atom. The lowest BCUT2D eigenvalue weighted by Gasteiger charge is -2.08. The van der Waals surface area contributed by atoms with Crippen molar-refractivity contribution < 1.29 is 0 Å². The molecule has 0 saturated carbocycles. The topological polar surface area (TPSA) is 67.1 Å². The van der Waals surface area contributed by atoms with Gasteiger partial charge >= 0.3 is 0 Å². The van der Waals surface area contributed by atoms with Gasteiger partial charge in [-0.3, -0.25) is 10.1 Å². The van der Waals surface area contributed by atoms with Crippen molar-refractivity contribution in [3.63, 3.8) is 0 Å². The van der Waals surface area contributed by atoms with E-state index < -0.39 is 0 Å². The van der Waals surface area contributed by atoms with Crippen LogP contribution < -0.4 is 5.73 Å². The maximum absolute atomic E-state index is 6.00. The Hall–Kier alpha value is -2.10. The summed E-state index contributed by atoms with van der Waals surface area (Å²) in [5, 5.41) is 7.30. The molecule has 0 atom stereocenters. The molecule has 4 heteroatoms. The predicted molar refractivity (Wildman–Crippen MR) is 79.5 cm³/mol. The molecule has 0 bridgehead atoms. The van der Waals surface area contributed by atoms with Crippen LogP contribution in [0.5, 0.6) is 0 Å². The van der Waals surface area contributed by atoms with Crippen LogP contribution in [-0.4, -0.2) is 22.6 Å². The minimum absolute atomic E-state index is 0.488. The molecule has 0 spiro atoms. The molecule has 1 aromatic carbocycles. The van der Waals surface area contributed by atoms with E-state index in [9.17, 15) is 0 Å². The lowest BCUT2D eigenvalue weighted by Crippen LogP contribution is -2.15. The Labute approximate surface area is 113 Å². The van der Waals surface area contributed by atoms with E-state index in [0.29, 0.717) is 12.4 Å². The highest BCUT2D eigenvalue weighted by Gasteiger charge is 2.16. The molecule has 1 aromatic heterocycles. The van der Waals surface area contributed by atoms with Crippen molar-refractivity contribution in [1.29, 1.82) is 0 Å². The average molecular weight is 256 g/mol. The number of H-pyrrole nitrogens is 1. The molecule has 0 aliphatic heterocycles. The fourth-order valence-electron chi connectivity index (χ4n) is 2.28. The van der Waals surface area contributed by atoms with Gasteiger partial charge in [0.15, 0.2) is 0 Å². The van der Waals surface area contributed by atoms with Crippen LogP contribution in [0.4, 0.5) is 0 Å². The van der Waals surface area contributed by atoms with Crippen LogP contribution in [0.25, 0.3) is 11.1 Å². The largest absolute Gasteiger partial charge is 0.382 e. The number of amidine groups is 1. The zero-order valence-electron chi connectivity index (χ0n) is 11.9. The monoisotopic (exact) mass is 256 g/mol. The predicted octanol–water partition coefficient (Wildman–Crippen LogP) is 2.73. The van der Waals surface area contributed by atoms with Gasteiger partial charge in [-0.2, -0.15) is 5.10 Å². The van der Waals surface area contributed by atoms with Crippen LogP contribution in [0.3, 0.4) is 0 Å². The quantitative estimate of drug-likeness (QED) is 0.655. The van der Waals surface area contributed by atoms with Gasteiger partial charge in [0.1, 0.15) is 11.5 Å². The van der Waals surface area contributed by atoms with Crippen LogP contribution in [0.2, 0.25) is 0 Å². The van der Waals surface area contributed by atoms with Gasteiger partial charge in [-0.05, 0) is 38.8 Å². The smallest absolute Gasteiger partial charge is 0.147 e. The van der Waals surface area contributed by atoms with Crippen LogP contribution >= 0.6 is 0 Å². The molecule has 4 nitrogen and oxygen atoms in total. The van der Waals surface area contributed by atoms with Gasteiger partial charge in [0.05, 0.1) is 0 Å². The van der Waals surface area contributed by atoms with Crippen molar-refractivity contribution in [2.45, 2.75) is 27.7 Å². The maximum atomic E-state index is 6.00. The fraction of sp³-hybridized carbons (Fsp3) is 0.333. The van der Waals surface area contributed by atoms with E-state index in [1.807, 2.05) is 13.8 Å². The van der Waals surface area contributed by atoms with Gasteiger partial charge in [0.25, 0.3) is 0 Å². The highest BCUT2D eigenvalue weighted by atomic mass is 15.1. The molecule has 0 aliphatic carbocycles. The van der Waals surface area contributed by atoms with Crippen molar-refractivity contribution in [3.05, 3.63) is 40.7 Å². The number of hydrogen-bond donors (Lipinski definition) is 2. The molecule has 19 heavy (non-hydrogen) atoms. The number of aliphatic imine (C=N–C) groups is 1. The molecule has 0 fully saturated rings.